The molecule has 2 atom stereocenters. The van der Waals surface area contributed by atoms with Crippen LogP contribution in [0.4, 0.5) is 0 Å². The van der Waals surface area contributed by atoms with Crippen molar-refractivity contribution in [3.05, 3.63) is 0 Å². The van der Waals surface area contributed by atoms with Crippen LogP contribution in [0.3, 0.4) is 0 Å². The molecule has 1 rings (SSSR count). The molecule has 1 heterocycles. The molecule has 5 nitrogen and oxygen atoms in total. The van der Waals surface area contributed by atoms with Crippen LogP contribution in [-0.2, 0) is 9.59 Å². The van der Waals surface area contributed by atoms with Gasteiger partial charge in [0.05, 0.1) is 5.92 Å². The van der Waals surface area contributed by atoms with Crippen LogP contribution in [0.25, 0.3) is 0 Å². The van der Waals surface area contributed by atoms with Gasteiger partial charge in [0.2, 0.25) is 5.91 Å². The first-order valence-electron chi connectivity index (χ1n) is 6.98. The van der Waals surface area contributed by atoms with Crippen LogP contribution >= 0.6 is 0 Å². The minimum absolute atomic E-state index is 0.102. The van der Waals surface area contributed by atoms with Crippen molar-refractivity contribution in [1.82, 2.24) is 9.80 Å². The second kappa shape index (κ2) is 6.89. The Balaban J connectivity index is 2.78. The Hall–Kier alpha value is -1.10. The summed E-state index contributed by atoms with van der Waals surface area (Å²) < 4.78 is 0. The van der Waals surface area contributed by atoms with Crippen LogP contribution in [0.2, 0.25) is 0 Å². The van der Waals surface area contributed by atoms with Gasteiger partial charge in [0.25, 0.3) is 0 Å². The van der Waals surface area contributed by atoms with E-state index in [1.54, 1.807) is 4.90 Å². The second-order valence-electron chi connectivity index (χ2n) is 6.17. The maximum Gasteiger partial charge on any atom is 0.308 e. The van der Waals surface area contributed by atoms with Crippen molar-refractivity contribution in [3.8, 4) is 0 Å². The second-order valence-corrected chi connectivity index (χ2v) is 6.17. The number of nitrogens with zero attached hydrogens (tertiary/aromatic N) is 2. The molecule has 0 saturated carbocycles. The number of aliphatic carboxylic acids is 1. The maximum atomic E-state index is 12.1. The lowest BCUT2D eigenvalue weighted by Gasteiger charge is -2.39. The van der Waals surface area contributed by atoms with E-state index in [2.05, 4.69) is 18.7 Å². The van der Waals surface area contributed by atoms with Crippen molar-refractivity contribution < 1.29 is 14.7 Å². The molecule has 5 heteroatoms. The fraction of sp³-hybridized carbons (Fsp3) is 0.857. The molecule has 1 aliphatic rings. The molecule has 0 spiro atoms. The number of carboxylic acid groups (broad SMARTS) is 1. The predicted octanol–water partition coefficient (Wildman–Crippen LogP) is 1.29. The van der Waals surface area contributed by atoms with Crippen LogP contribution in [0.5, 0.6) is 0 Å². The molecule has 0 aromatic rings. The summed E-state index contributed by atoms with van der Waals surface area (Å²) >= 11 is 0. The van der Waals surface area contributed by atoms with Crippen molar-refractivity contribution in [2.24, 2.45) is 11.8 Å². The smallest absolute Gasteiger partial charge is 0.308 e. The van der Waals surface area contributed by atoms with Crippen LogP contribution in [0, 0.1) is 11.8 Å². The van der Waals surface area contributed by atoms with Crippen molar-refractivity contribution in [2.75, 3.05) is 27.2 Å². The molecule has 110 valence electrons. The first kappa shape index (κ1) is 16.0. The zero-order valence-corrected chi connectivity index (χ0v) is 12.4. The third kappa shape index (κ3) is 4.82. The summed E-state index contributed by atoms with van der Waals surface area (Å²) in [5, 5.41) is 9.14. The summed E-state index contributed by atoms with van der Waals surface area (Å²) in [4.78, 5) is 27.1. The molecular formula is C14H26N2O3. The topological polar surface area (TPSA) is 60.9 Å². The number of rotatable bonds is 6. The van der Waals surface area contributed by atoms with E-state index in [4.69, 9.17) is 5.11 Å². The Labute approximate surface area is 115 Å². The Kier molecular flexibility index (Phi) is 5.79. The minimum atomic E-state index is -0.786. The van der Waals surface area contributed by atoms with Gasteiger partial charge in [-0.2, -0.15) is 0 Å². The fourth-order valence-electron chi connectivity index (χ4n) is 2.69. The van der Waals surface area contributed by atoms with E-state index in [-0.39, 0.29) is 11.9 Å². The number of carboxylic acids is 1. The molecule has 2 unspecified atom stereocenters. The number of carbonyl (C=O) groups excluding carboxylic acids is 1. The van der Waals surface area contributed by atoms with E-state index in [0.29, 0.717) is 25.3 Å². The lowest BCUT2D eigenvalue weighted by molar-refractivity contribution is -0.149. The van der Waals surface area contributed by atoms with E-state index in [9.17, 15) is 9.59 Å². The van der Waals surface area contributed by atoms with E-state index < -0.39 is 11.9 Å². The molecule has 0 aromatic heterocycles. The number of likely N-dealkylation sites (N-methyl/N-ethyl adjacent to an activating group) is 1. The highest BCUT2D eigenvalue weighted by Gasteiger charge is 2.34. The number of hydrogen-bond donors (Lipinski definition) is 1. The number of likely N-dealkylation sites (tertiary alicyclic amines) is 1. The van der Waals surface area contributed by atoms with E-state index in [0.717, 1.165) is 13.0 Å². The summed E-state index contributed by atoms with van der Waals surface area (Å²) in [5.41, 5.74) is 0. The van der Waals surface area contributed by atoms with Gasteiger partial charge in [0.15, 0.2) is 0 Å². The predicted molar refractivity (Wildman–Crippen MR) is 73.9 cm³/mol. The van der Waals surface area contributed by atoms with Crippen molar-refractivity contribution in [2.45, 2.75) is 39.2 Å². The molecule has 1 saturated heterocycles. The molecule has 0 aromatic carbocycles. The number of hydrogen-bond acceptors (Lipinski definition) is 3. The maximum absolute atomic E-state index is 12.1. The van der Waals surface area contributed by atoms with E-state index in [1.807, 2.05) is 14.1 Å². The average Bonchev–Trinajstić information content (AvgIpc) is 2.27. The van der Waals surface area contributed by atoms with Crippen molar-refractivity contribution >= 4 is 11.9 Å². The normalized spacial score (nSPS) is 22.1. The van der Waals surface area contributed by atoms with Gasteiger partial charge in [0, 0.05) is 25.6 Å². The van der Waals surface area contributed by atoms with Crippen molar-refractivity contribution in [3.63, 3.8) is 0 Å². The molecular weight excluding hydrogens is 244 g/mol. The zero-order valence-electron chi connectivity index (χ0n) is 12.4. The standard InChI is InChI=1S/C14H26N2O3/c1-10(2)7-12(9-15(3)4)16-8-11(14(18)19)5-6-13(16)17/h10-12H,5-9H2,1-4H3,(H,18,19). The summed E-state index contributed by atoms with van der Waals surface area (Å²) in [6.45, 7) is 5.41. The summed E-state index contributed by atoms with van der Waals surface area (Å²) in [5.74, 6) is -0.604. The van der Waals surface area contributed by atoms with Gasteiger partial charge >= 0.3 is 5.97 Å². The van der Waals surface area contributed by atoms with E-state index in [1.165, 1.54) is 0 Å². The molecule has 1 amide bonds. The van der Waals surface area contributed by atoms with Gasteiger partial charge in [-0.3, -0.25) is 9.59 Å². The Morgan fingerprint density at radius 3 is 2.58 bits per heavy atom. The van der Waals surface area contributed by atoms with E-state index >= 15 is 0 Å². The lowest BCUT2D eigenvalue weighted by atomic mass is 9.93. The Bertz CT molecular complexity index is 319. The van der Waals surface area contributed by atoms with Crippen LogP contribution < -0.4 is 0 Å². The van der Waals surface area contributed by atoms with Gasteiger partial charge in [-0.1, -0.05) is 13.8 Å². The SMILES string of the molecule is CC(C)CC(CN(C)C)N1CC(C(=O)O)CCC1=O. The van der Waals surface area contributed by atoms with Gasteiger partial charge in [0.1, 0.15) is 0 Å². The number of amides is 1. The lowest BCUT2D eigenvalue weighted by Crippen LogP contribution is -2.51. The van der Waals surface area contributed by atoms with Crippen molar-refractivity contribution in [1.29, 1.82) is 0 Å². The summed E-state index contributed by atoms with van der Waals surface area (Å²) in [7, 11) is 3.97. The molecule has 1 aliphatic heterocycles. The number of piperidine rings is 1. The highest BCUT2D eigenvalue weighted by Crippen LogP contribution is 2.23. The van der Waals surface area contributed by atoms with Crippen LogP contribution in [0.15, 0.2) is 0 Å². The molecule has 0 aliphatic carbocycles. The largest absolute Gasteiger partial charge is 0.481 e. The van der Waals surface area contributed by atoms with Gasteiger partial charge in [-0.15, -0.1) is 0 Å². The first-order chi connectivity index (χ1) is 8.81. The summed E-state index contributed by atoms with van der Waals surface area (Å²) in [6, 6.07) is 0.115. The fourth-order valence-corrected chi connectivity index (χ4v) is 2.69. The van der Waals surface area contributed by atoms with Crippen LogP contribution in [0.1, 0.15) is 33.1 Å². The van der Waals surface area contributed by atoms with Gasteiger partial charge in [-0.05, 0) is 32.9 Å². The minimum Gasteiger partial charge on any atom is -0.481 e. The average molecular weight is 270 g/mol. The summed E-state index contributed by atoms with van der Waals surface area (Å²) in [6.07, 6.45) is 1.75. The third-order valence-corrected chi connectivity index (χ3v) is 3.55. The molecule has 1 N–H and O–H groups in total. The van der Waals surface area contributed by atoms with Gasteiger partial charge in [-0.25, -0.2) is 0 Å². The molecule has 1 fully saturated rings. The van der Waals surface area contributed by atoms with Crippen LogP contribution in [-0.4, -0.2) is 60.0 Å². The number of carbonyl (C=O) groups is 2. The molecule has 0 bridgehead atoms. The molecule has 0 radical (unpaired) electrons. The Morgan fingerprint density at radius 1 is 1.47 bits per heavy atom. The zero-order chi connectivity index (χ0) is 14.6. The quantitative estimate of drug-likeness (QED) is 0.790. The highest BCUT2D eigenvalue weighted by molar-refractivity contribution is 5.80. The Morgan fingerprint density at radius 2 is 2.11 bits per heavy atom. The van der Waals surface area contributed by atoms with Gasteiger partial charge < -0.3 is 14.9 Å². The highest BCUT2D eigenvalue weighted by atomic mass is 16.4. The molecule has 19 heavy (non-hydrogen) atoms. The third-order valence-electron chi connectivity index (χ3n) is 3.55. The monoisotopic (exact) mass is 270 g/mol. The first-order valence-corrected chi connectivity index (χ1v) is 6.98.